The van der Waals surface area contributed by atoms with Crippen molar-refractivity contribution in [1.82, 2.24) is 4.90 Å². The highest BCUT2D eigenvalue weighted by molar-refractivity contribution is 5.77. The summed E-state index contributed by atoms with van der Waals surface area (Å²) in [5.41, 5.74) is 0.517. The van der Waals surface area contributed by atoms with E-state index in [4.69, 9.17) is 0 Å². The number of esters is 1. The number of benzene rings is 1. The topological polar surface area (TPSA) is 46.6 Å². The van der Waals surface area contributed by atoms with Crippen molar-refractivity contribution < 1.29 is 23.1 Å². The van der Waals surface area contributed by atoms with Crippen LogP contribution >= 0.6 is 0 Å². The number of nitrogens with zero attached hydrogens (tertiary/aromatic N) is 1. The first-order valence-electron chi connectivity index (χ1n) is 8.78. The van der Waals surface area contributed by atoms with Gasteiger partial charge in [-0.2, -0.15) is 0 Å². The smallest absolute Gasteiger partial charge is 0.305 e. The molecule has 0 aromatic heterocycles. The molecular formula is C19H25F2NO3. The Bertz CT molecular complexity index is 606. The number of ether oxygens (including phenoxy) is 1. The van der Waals surface area contributed by atoms with Gasteiger partial charge in [0.1, 0.15) is 11.6 Å². The number of rotatable bonds is 7. The molecule has 0 N–H and O–H groups in total. The molecule has 1 aromatic rings. The van der Waals surface area contributed by atoms with Gasteiger partial charge in [0, 0.05) is 32.0 Å². The molecule has 25 heavy (non-hydrogen) atoms. The van der Waals surface area contributed by atoms with Crippen LogP contribution in [-0.4, -0.2) is 37.0 Å². The van der Waals surface area contributed by atoms with E-state index in [-0.39, 0.29) is 18.3 Å². The molecule has 2 rings (SSSR count). The van der Waals surface area contributed by atoms with E-state index in [0.717, 1.165) is 31.9 Å². The Labute approximate surface area is 147 Å². The molecular weight excluding hydrogens is 328 g/mol. The molecule has 1 aliphatic heterocycles. The Balaban J connectivity index is 1.78. The van der Waals surface area contributed by atoms with Crippen molar-refractivity contribution in [2.75, 3.05) is 20.2 Å². The number of aryl methyl sites for hydroxylation is 1. The fraction of sp³-hybridized carbons (Fsp3) is 0.579. The first kappa shape index (κ1) is 19.3. The fourth-order valence-electron chi connectivity index (χ4n) is 3.26. The largest absolute Gasteiger partial charge is 0.469 e. The molecule has 1 amide bonds. The van der Waals surface area contributed by atoms with Gasteiger partial charge in [-0.25, -0.2) is 8.78 Å². The Morgan fingerprint density at radius 2 is 2.08 bits per heavy atom. The van der Waals surface area contributed by atoms with Crippen LogP contribution in [0.25, 0.3) is 0 Å². The van der Waals surface area contributed by atoms with Gasteiger partial charge in [0.05, 0.1) is 7.11 Å². The maximum absolute atomic E-state index is 13.7. The van der Waals surface area contributed by atoms with Crippen LogP contribution in [0.5, 0.6) is 0 Å². The lowest BCUT2D eigenvalue weighted by atomic mass is 9.91. The average molecular weight is 353 g/mol. The molecule has 0 radical (unpaired) electrons. The van der Waals surface area contributed by atoms with E-state index in [2.05, 4.69) is 4.74 Å². The molecule has 1 aromatic carbocycles. The lowest BCUT2D eigenvalue weighted by Gasteiger charge is -2.33. The Morgan fingerprint density at radius 3 is 2.80 bits per heavy atom. The summed E-state index contributed by atoms with van der Waals surface area (Å²) in [5, 5.41) is 0. The maximum atomic E-state index is 13.7. The predicted octanol–water partition coefficient (Wildman–Crippen LogP) is 3.48. The summed E-state index contributed by atoms with van der Waals surface area (Å²) >= 11 is 0. The molecule has 138 valence electrons. The summed E-state index contributed by atoms with van der Waals surface area (Å²) in [4.78, 5) is 25.2. The molecule has 1 saturated heterocycles. The number of carbonyl (C=O) groups excluding carboxylic acids is 2. The zero-order valence-corrected chi connectivity index (χ0v) is 14.6. The number of methoxy groups -OCH3 is 1. The summed E-state index contributed by atoms with van der Waals surface area (Å²) < 4.78 is 31.2. The van der Waals surface area contributed by atoms with E-state index in [1.165, 1.54) is 19.2 Å². The maximum Gasteiger partial charge on any atom is 0.305 e. The van der Waals surface area contributed by atoms with E-state index in [1.807, 2.05) is 4.90 Å². The van der Waals surface area contributed by atoms with Gasteiger partial charge in [-0.15, -0.1) is 0 Å². The van der Waals surface area contributed by atoms with Crippen molar-refractivity contribution in [2.24, 2.45) is 5.92 Å². The van der Waals surface area contributed by atoms with Crippen LogP contribution in [-0.2, 0) is 20.7 Å². The summed E-state index contributed by atoms with van der Waals surface area (Å²) in [5.74, 6) is -0.996. The third-order valence-electron chi connectivity index (χ3n) is 4.71. The summed E-state index contributed by atoms with van der Waals surface area (Å²) in [6.45, 7) is 1.40. The number of hydrogen-bond donors (Lipinski definition) is 0. The van der Waals surface area contributed by atoms with Gasteiger partial charge in [0.15, 0.2) is 0 Å². The van der Waals surface area contributed by atoms with Crippen LogP contribution < -0.4 is 0 Å². The standard InChI is InChI=1S/C19H25F2NO3/c1-25-19(24)6-2-5-18(23)22-11-3-4-14(13-22)7-8-15-9-10-16(20)12-17(15)21/h9-10,12,14H,2-8,11,13H2,1H3/t14-/m1/s1. The molecule has 0 saturated carbocycles. The molecule has 1 aliphatic rings. The normalized spacial score (nSPS) is 17.4. The highest BCUT2D eigenvalue weighted by Crippen LogP contribution is 2.23. The summed E-state index contributed by atoms with van der Waals surface area (Å²) in [6.07, 6.45) is 4.34. The highest BCUT2D eigenvalue weighted by atomic mass is 19.1. The first-order valence-corrected chi connectivity index (χ1v) is 8.78. The number of carbonyl (C=O) groups is 2. The van der Waals surface area contributed by atoms with Crippen LogP contribution in [0.1, 0.15) is 44.1 Å². The predicted molar refractivity (Wildman–Crippen MR) is 89.9 cm³/mol. The number of likely N-dealkylation sites (tertiary alicyclic amines) is 1. The zero-order chi connectivity index (χ0) is 18.2. The number of hydrogen-bond acceptors (Lipinski definition) is 3. The Morgan fingerprint density at radius 1 is 1.28 bits per heavy atom. The molecule has 0 spiro atoms. The molecule has 4 nitrogen and oxygen atoms in total. The number of piperidine rings is 1. The second-order valence-electron chi connectivity index (χ2n) is 6.55. The second-order valence-corrected chi connectivity index (χ2v) is 6.55. The van der Waals surface area contributed by atoms with Crippen LogP contribution in [0, 0.1) is 17.6 Å². The Kier molecular flexibility index (Phi) is 7.34. The van der Waals surface area contributed by atoms with Gasteiger partial charge >= 0.3 is 5.97 Å². The molecule has 0 aliphatic carbocycles. The Hall–Kier alpha value is -1.98. The van der Waals surface area contributed by atoms with E-state index in [9.17, 15) is 18.4 Å². The van der Waals surface area contributed by atoms with Gasteiger partial charge in [0.25, 0.3) is 0 Å². The van der Waals surface area contributed by atoms with Gasteiger partial charge in [-0.05, 0) is 49.7 Å². The third kappa shape index (κ3) is 6.11. The van der Waals surface area contributed by atoms with Gasteiger partial charge < -0.3 is 9.64 Å². The lowest BCUT2D eigenvalue weighted by Crippen LogP contribution is -2.40. The molecule has 1 fully saturated rings. The van der Waals surface area contributed by atoms with Gasteiger partial charge in [-0.3, -0.25) is 9.59 Å². The van der Waals surface area contributed by atoms with Crippen LogP contribution in [0.2, 0.25) is 0 Å². The minimum atomic E-state index is -0.567. The molecule has 1 heterocycles. The lowest BCUT2D eigenvalue weighted by molar-refractivity contribution is -0.141. The minimum absolute atomic E-state index is 0.0570. The third-order valence-corrected chi connectivity index (χ3v) is 4.71. The quantitative estimate of drug-likeness (QED) is 0.705. The monoisotopic (exact) mass is 353 g/mol. The van der Waals surface area contributed by atoms with Crippen LogP contribution in [0.3, 0.4) is 0 Å². The van der Waals surface area contributed by atoms with Crippen molar-refractivity contribution in [3.05, 3.63) is 35.4 Å². The fourth-order valence-corrected chi connectivity index (χ4v) is 3.26. The second kappa shape index (κ2) is 9.49. The van der Waals surface area contributed by atoms with E-state index in [1.54, 1.807) is 0 Å². The van der Waals surface area contributed by atoms with Crippen molar-refractivity contribution in [3.8, 4) is 0 Å². The van der Waals surface area contributed by atoms with Gasteiger partial charge in [0.2, 0.25) is 5.91 Å². The minimum Gasteiger partial charge on any atom is -0.469 e. The summed E-state index contributed by atoms with van der Waals surface area (Å²) in [7, 11) is 1.34. The molecule has 0 unspecified atom stereocenters. The first-order chi connectivity index (χ1) is 12.0. The highest BCUT2D eigenvalue weighted by Gasteiger charge is 2.23. The van der Waals surface area contributed by atoms with Crippen molar-refractivity contribution in [1.29, 1.82) is 0 Å². The van der Waals surface area contributed by atoms with E-state index >= 15 is 0 Å². The summed E-state index contributed by atoms with van der Waals surface area (Å²) in [6, 6.07) is 3.67. The van der Waals surface area contributed by atoms with Crippen molar-refractivity contribution >= 4 is 11.9 Å². The van der Waals surface area contributed by atoms with E-state index < -0.39 is 11.6 Å². The van der Waals surface area contributed by atoms with Crippen LogP contribution in [0.4, 0.5) is 8.78 Å². The van der Waals surface area contributed by atoms with Gasteiger partial charge in [-0.1, -0.05) is 6.07 Å². The SMILES string of the molecule is COC(=O)CCCC(=O)N1CCC[C@H](CCc2ccc(F)cc2F)C1. The number of halogens is 2. The van der Waals surface area contributed by atoms with Crippen LogP contribution in [0.15, 0.2) is 18.2 Å². The average Bonchev–Trinajstić information content (AvgIpc) is 2.61. The van der Waals surface area contributed by atoms with Crippen molar-refractivity contribution in [2.45, 2.75) is 44.9 Å². The van der Waals surface area contributed by atoms with Crippen molar-refractivity contribution in [3.63, 3.8) is 0 Å². The molecule has 1 atom stereocenters. The molecule has 6 heteroatoms. The van der Waals surface area contributed by atoms with E-state index in [0.29, 0.717) is 37.3 Å². The number of amides is 1. The zero-order valence-electron chi connectivity index (χ0n) is 14.6. The molecule has 0 bridgehead atoms.